The van der Waals surface area contributed by atoms with E-state index < -0.39 is 11.9 Å². The normalized spacial score (nSPS) is 16.2. The first-order chi connectivity index (χ1) is 13.6. The molecule has 0 bridgehead atoms. The van der Waals surface area contributed by atoms with Crippen LogP contribution in [0.4, 0.5) is 0 Å². The summed E-state index contributed by atoms with van der Waals surface area (Å²) < 4.78 is 20.9. The maximum atomic E-state index is 12.3. The van der Waals surface area contributed by atoms with Crippen LogP contribution < -0.4 is 14.8 Å². The fourth-order valence-corrected chi connectivity index (χ4v) is 2.62. The van der Waals surface area contributed by atoms with Crippen molar-refractivity contribution < 1.29 is 28.5 Å². The van der Waals surface area contributed by atoms with E-state index in [9.17, 15) is 14.9 Å². The zero-order valence-electron chi connectivity index (χ0n) is 16.0. The Hall–Kier alpha value is -3.05. The standard InChI is InChI=1S/C20H24N2O6/c1-3-26-18-10-14(6-7-17(18)28-13-19(23)25-2)9-15(11-21)20(24)22-12-16-5-4-8-27-16/h6-7,9-10,16H,3-5,8,12-13H2,1-2H3,(H,22,24)/b15-9+. The third-order valence-electron chi connectivity index (χ3n) is 4.03. The number of amides is 1. The minimum atomic E-state index is -0.513. The van der Waals surface area contributed by atoms with Crippen LogP contribution in [0.3, 0.4) is 0 Å². The molecule has 1 unspecified atom stereocenters. The Morgan fingerprint density at radius 3 is 2.82 bits per heavy atom. The van der Waals surface area contributed by atoms with Crippen molar-refractivity contribution in [2.24, 2.45) is 0 Å². The Labute approximate surface area is 164 Å². The number of esters is 1. The second-order valence-corrected chi connectivity index (χ2v) is 6.02. The van der Waals surface area contributed by atoms with Crippen molar-refractivity contribution in [3.8, 4) is 17.6 Å². The van der Waals surface area contributed by atoms with Crippen LogP contribution in [0.1, 0.15) is 25.3 Å². The van der Waals surface area contributed by atoms with Gasteiger partial charge in [0.25, 0.3) is 5.91 Å². The third-order valence-corrected chi connectivity index (χ3v) is 4.03. The molecule has 1 heterocycles. The monoisotopic (exact) mass is 388 g/mol. The molecular formula is C20H24N2O6. The van der Waals surface area contributed by atoms with Gasteiger partial charge in [0.05, 0.1) is 19.8 Å². The molecule has 0 radical (unpaired) electrons. The fourth-order valence-electron chi connectivity index (χ4n) is 2.62. The molecule has 1 saturated heterocycles. The summed E-state index contributed by atoms with van der Waals surface area (Å²) in [5, 5.41) is 12.1. The summed E-state index contributed by atoms with van der Waals surface area (Å²) in [7, 11) is 1.27. The number of hydrogen-bond acceptors (Lipinski definition) is 7. The van der Waals surface area contributed by atoms with Crippen LogP contribution in [0, 0.1) is 11.3 Å². The highest BCUT2D eigenvalue weighted by molar-refractivity contribution is 6.01. The topological polar surface area (TPSA) is 107 Å². The largest absolute Gasteiger partial charge is 0.490 e. The molecule has 0 spiro atoms. The maximum Gasteiger partial charge on any atom is 0.343 e. The van der Waals surface area contributed by atoms with Gasteiger partial charge in [-0.2, -0.15) is 5.26 Å². The van der Waals surface area contributed by atoms with E-state index in [1.54, 1.807) is 18.2 Å². The van der Waals surface area contributed by atoms with E-state index >= 15 is 0 Å². The average Bonchev–Trinajstić information content (AvgIpc) is 3.23. The van der Waals surface area contributed by atoms with Crippen molar-refractivity contribution in [1.82, 2.24) is 5.32 Å². The van der Waals surface area contributed by atoms with Crippen molar-refractivity contribution in [3.63, 3.8) is 0 Å². The maximum absolute atomic E-state index is 12.3. The Morgan fingerprint density at radius 2 is 2.18 bits per heavy atom. The van der Waals surface area contributed by atoms with Gasteiger partial charge in [0, 0.05) is 13.2 Å². The molecule has 1 aliphatic rings. The molecule has 1 amide bonds. The van der Waals surface area contributed by atoms with Crippen LogP contribution in [-0.2, 0) is 19.1 Å². The number of benzene rings is 1. The smallest absolute Gasteiger partial charge is 0.343 e. The molecule has 28 heavy (non-hydrogen) atoms. The Morgan fingerprint density at radius 1 is 1.36 bits per heavy atom. The van der Waals surface area contributed by atoms with E-state index in [0.717, 1.165) is 12.8 Å². The highest BCUT2D eigenvalue weighted by atomic mass is 16.6. The van der Waals surface area contributed by atoms with Gasteiger partial charge < -0.3 is 24.3 Å². The Bertz CT molecular complexity index is 762. The molecule has 8 nitrogen and oxygen atoms in total. The van der Waals surface area contributed by atoms with Crippen molar-refractivity contribution in [1.29, 1.82) is 5.26 Å². The molecule has 0 aliphatic carbocycles. The van der Waals surface area contributed by atoms with E-state index in [2.05, 4.69) is 10.1 Å². The van der Waals surface area contributed by atoms with Gasteiger partial charge in [-0.3, -0.25) is 4.79 Å². The van der Waals surface area contributed by atoms with Gasteiger partial charge in [-0.25, -0.2) is 4.79 Å². The molecule has 1 N–H and O–H groups in total. The van der Waals surface area contributed by atoms with Gasteiger partial charge in [0.15, 0.2) is 18.1 Å². The molecule has 1 atom stereocenters. The van der Waals surface area contributed by atoms with E-state index in [0.29, 0.717) is 36.8 Å². The zero-order chi connectivity index (χ0) is 20.4. The summed E-state index contributed by atoms with van der Waals surface area (Å²) in [6.07, 6.45) is 3.35. The summed E-state index contributed by atoms with van der Waals surface area (Å²) in [5.74, 6) is -0.203. The molecule has 1 fully saturated rings. The molecule has 2 rings (SSSR count). The lowest BCUT2D eigenvalue weighted by Gasteiger charge is -2.12. The quantitative estimate of drug-likeness (QED) is 0.391. The van der Waals surface area contributed by atoms with E-state index in [4.69, 9.17) is 14.2 Å². The predicted molar refractivity (Wildman–Crippen MR) is 101 cm³/mol. The molecular weight excluding hydrogens is 364 g/mol. The zero-order valence-corrected chi connectivity index (χ0v) is 16.0. The lowest BCUT2D eigenvalue weighted by molar-refractivity contribution is -0.142. The number of nitrogens with one attached hydrogen (secondary N) is 1. The van der Waals surface area contributed by atoms with Crippen molar-refractivity contribution >= 4 is 18.0 Å². The molecule has 0 saturated carbocycles. The number of nitriles is 1. The Kier molecular flexibility index (Phi) is 8.31. The summed E-state index contributed by atoms with van der Waals surface area (Å²) in [5.41, 5.74) is 0.571. The number of ether oxygens (including phenoxy) is 4. The van der Waals surface area contributed by atoms with Crippen molar-refractivity contribution in [2.75, 3.05) is 33.5 Å². The number of carbonyl (C=O) groups excluding carboxylic acids is 2. The highest BCUT2D eigenvalue weighted by Gasteiger charge is 2.18. The van der Waals surface area contributed by atoms with Crippen molar-refractivity contribution in [2.45, 2.75) is 25.9 Å². The first kappa shape index (κ1) is 21.3. The summed E-state index contributed by atoms with van der Waals surface area (Å²) >= 11 is 0. The van der Waals surface area contributed by atoms with Gasteiger partial charge in [-0.05, 0) is 43.5 Å². The van der Waals surface area contributed by atoms with Crippen LogP contribution in [0.15, 0.2) is 23.8 Å². The molecule has 0 aromatic heterocycles. The summed E-state index contributed by atoms with van der Waals surface area (Å²) in [6, 6.07) is 6.83. The van der Waals surface area contributed by atoms with E-state index in [1.807, 2.05) is 13.0 Å². The number of rotatable bonds is 9. The summed E-state index contributed by atoms with van der Waals surface area (Å²) in [6.45, 7) is 3.02. The van der Waals surface area contributed by atoms with Gasteiger partial charge in [-0.1, -0.05) is 6.07 Å². The van der Waals surface area contributed by atoms with Gasteiger partial charge >= 0.3 is 5.97 Å². The van der Waals surface area contributed by atoms with E-state index in [1.165, 1.54) is 13.2 Å². The SMILES string of the molecule is CCOc1cc(/C=C(\C#N)C(=O)NCC2CCCO2)ccc1OCC(=O)OC. The van der Waals surface area contributed by atoms with E-state index in [-0.39, 0.29) is 18.3 Å². The van der Waals surface area contributed by atoms with Gasteiger partial charge in [0.2, 0.25) is 0 Å². The minimum Gasteiger partial charge on any atom is -0.490 e. The lowest BCUT2D eigenvalue weighted by atomic mass is 10.1. The first-order valence-corrected chi connectivity index (χ1v) is 9.05. The number of methoxy groups -OCH3 is 1. The summed E-state index contributed by atoms with van der Waals surface area (Å²) in [4.78, 5) is 23.5. The molecule has 8 heteroatoms. The van der Waals surface area contributed by atoms with Crippen LogP contribution in [0.25, 0.3) is 6.08 Å². The molecule has 150 valence electrons. The number of carbonyl (C=O) groups is 2. The Balaban J connectivity index is 2.10. The van der Waals surface area contributed by atoms with Gasteiger partial charge in [-0.15, -0.1) is 0 Å². The second kappa shape index (κ2) is 10.9. The van der Waals surface area contributed by atoms with Crippen LogP contribution in [0.2, 0.25) is 0 Å². The number of nitrogens with zero attached hydrogens (tertiary/aromatic N) is 1. The lowest BCUT2D eigenvalue weighted by Crippen LogP contribution is -2.32. The fraction of sp³-hybridized carbons (Fsp3) is 0.450. The molecule has 1 aromatic carbocycles. The van der Waals surface area contributed by atoms with Crippen LogP contribution >= 0.6 is 0 Å². The number of hydrogen-bond donors (Lipinski definition) is 1. The van der Waals surface area contributed by atoms with Crippen LogP contribution in [-0.4, -0.2) is 51.5 Å². The van der Waals surface area contributed by atoms with Gasteiger partial charge in [0.1, 0.15) is 11.6 Å². The molecule has 1 aromatic rings. The average molecular weight is 388 g/mol. The second-order valence-electron chi connectivity index (χ2n) is 6.02. The first-order valence-electron chi connectivity index (χ1n) is 9.05. The predicted octanol–water partition coefficient (Wildman–Crippen LogP) is 1.84. The highest BCUT2D eigenvalue weighted by Crippen LogP contribution is 2.29. The van der Waals surface area contributed by atoms with Crippen molar-refractivity contribution in [3.05, 3.63) is 29.3 Å². The third kappa shape index (κ3) is 6.28. The van der Waals surface area contributed by atoms with Crippen LogP contribution in [0.5, 0.6) is 11.5 Å². The molecule has 1 aliphatic heterocycles. The minimum absolute atomic E-state index is 0.000285.